The Morgan fingerprint density at radius 1 is 0.200 bits per heavy atom. The Morgan fingerprint density at radius 2 is 0.483 bits per heavy atom. The number of hydrogen-bond acceptors (Lipinski definition) is 3. The molecular weight excluding hydrogens is 727 g/mol. The molecule has 3 heteroatoms. The van der Waals surface area contributed by atoms with Gasteiger partial charge in [0, 0.05) is 51.2 Å². The summed E-state index contributed by atoms with van der Waals surface area (Å²) in [6, 6.07) is 83.0. The van der Waals surface area contributed by atoms with Crippen LogP contribution in [-0.4, -0.2) is 0 Å². The molecule has 0 heterocycles. The van der Waals surface area contributed by atoms with Gasteiger partial charge >= 0.3 is 0 Å². The molecule has 0 aliphatic rings. The number of para-hydroxylation sites is 3. The second-order valence-electron chi connectivity index (χ2n) is 15.4. The zero-order valence-electron chi connectivity index (χ0n) is 34.3. The van der Waals surface area contributed by atoms with Gasteiger partial charge in [0.25, 0.3) is 0 Å². The highest BCUT2D eigenvalue weighted by Gasteiger charge is 2.18. The lowest BCUT2D eigenvalue weighted by Crippen LogP contribution is -2.11. The number of rotatable bonds is 11. The molecule has 0 aromatic heterocycles. The van der Waals surface area contributed by atoms with Gasteiger partial charge in [0.2, 0.25) is 0 Å². The molecule has 0 unspecified atom stereocenters. The van der Waals surface area contributed by atoms with E-state index in [1.165, 1.54) is 16.7 Å². The summed E-state index contributed by atoms with van der Waals surface area (Å²) in [6.07, 6.45) is 0. The first-order chi connectivity index (χ1) is 29.5. The predicted molar refractivity (Wildman–Crippen MR) is 256 cm³/mol. The maximum Gasteiger partial charge on any atom is 0.0473 e. The number of hydrogen-bond donors (Lipinski definition) is 0. The number of anilines is 9. The van der Waals surface area contributed by atoms with Gasteiger partial charge in [0.05, 0.1) is 0 Å². The standard InChI is InChI=1S/C57H47N3/c1-42-16-13-25-54(36-42)58(49-19-7-4-8-20-49)52-32-28-45(29-33-52)47-39-48(41-57(40-47)60(51-23-11-6-12-24-51)56-27-15-18-44(3)38-56)46-30-34-53(35-31-46)59(50-21-9-5-10-22-50)55-26-14-17-43(2)37-55/h4-41H,1-3H3. The van der Waals surface area contributed by atoms with Crippen LogP contribution in [0.5, 0.6) is 0 Å². The minimum Gasteiger partial charge on any atom is -0.310 e. The van der Waals surface area contributed by atoms with Crippen LogP contribution in [-0.2, 0) is 0 Å². The highest BCUT2D eigenvalue weighted by atomic mass is 15.2. The normalized spacial score (nSPS) is 10.9. The first kappa shape index (κ1) is 37.9. The largest absolute Gasteiger partial charge is 0.310 e. The van der Waals surface area contributed by atoms with E-state index >= 15 is 0 Å². The lowest BCUT2D eigenvalue weighted by Gasteiger charge is -2.28. The topological polar surface area (TPSA) is 9.72 Å². The van der Waals surface area contributed by atoms with Gasteiger partial charge in [-0.3, -0.25) is 0 Å². The molecule has 0 bridgehead atoms. The molecule has 0 fully saturated rings. The molecule has 0 atom stereocenters. The van der Waals surface area contributed by atoms with Gasteiger partial charge in [-0.1, -0.05) is 115 Å². The van der Waals surface area contributed by atoms with Crippen LogP contribution in [0.3, 0.4) is 0 Å². The second kappa shape index (κ2) is 17.1. The van der Waals surface area contributed by atoms with Crippen molar-refractivity contribution in [2.75, 3.05) is 14.7 Å². The molecular formula is C57H47N3. The molecule has 0 saturated heterocycles. The van der Waals surface area contributed by atoms with Crippen LogP contribution in [0.1, 0.15) is 16.7 Å². The van der Waals surface area contributed by atoms with Crippen molar-refractivity contribution in [2.45, 2.75) is 20.8 Å². The SMILES string of the molecule is Cc1cccc(N(c2ccccc2)c2ccc(-c3cc(-c4ccc(N(c5ccccc5)c5cccc(C)c5)cc4)cc(N(c4ccccc4)c4cccc(C)c4)c3)cc2)c1. The number of benzene rings is 9. The predicted octanol–water partition coefficient (Wildman–Crippen LogP) is 16.4. The van der Waals surface area contributed by atoms with Gasteiger partial charge in [0.15, 0.2) is 0 Å². The van der Waals surface area contributed by atoms with E-state index < -0.39 is 0 Å². The van der Waals surface area contributed by atoms with Crippen molar-refractivity contribution in [3.63, 3.8) is 0 Å². The van der Waals surface area contributed by atoms with Crippen LogP contribution in [0.2, 0.25) is 0 Å². The fraction of sp³-hybridized carbons (Fsp3) is 0.0526. The monoisotopic (exact) mass is 773 g/mol. The van der Waals surface area contributed by atoms with Crippen molar-refractivity contribution in [3.05, 3.63) is 247 Å². The van der Waals surface area contributed by atoms with E-state index in [2.05, 4.69) is 266 Å². The maximum absolute atomic E-state index is 2.37. The summed E-state index contributed by atoms with van der Waals surface area (Å²) in [4.78, 5) is 7.02. The quantitative estimate of drug-likeness (QED) is 0.130. The third-order valence-corrected chi connectivity index (χ3v) is 10.9. The molecule has 290 valence electrons. The number of aryl methyl sites for hydroxylation is 3. The average molecular weight is 774 g/mol. The Balaban J connectivity index is 1.17. The molecule has 0 spiro atoms. The van der Waals surface area contributed by atoms with Gasteiger partial charge < -0.3 is 14.7 Å². The maximum atomic E-state index is 2.37. The van der Waals surface area contributed by atoms with Crippen molar-refractivity contribution in [2.24, 2.45) is 0 Å². The highest BCUT2D eigenvalue weighted by molar-refractivity contribution is 5.87. The zero-order chi connectivity index (χ0) is 40.8. The van der Waals surface area contributed by atoms with Crippen LogP contribution in [0.4, 0.5) is 51.2 Å². The van der Waals surface area contributed by atoms with Crippen molar-refractivity contribution in [1.82, 2.24) is 0 Å². The Morgan fingerprint density at radius 3 is 0.800 bits per heavy atom. The van der Waals surface area contributed by atoms with E-state index in [0.717, 1.165) is 73.4 Å². The summed E-state index contributed by atoms with van der Waals surface area (Å²) in [7, 11) is 0. The van der Waals surface area contributed by atoms with E-state index in [1.807, 2.05) is 0 Å². The lowest BCUT2D eigenvalue weighted by atomic mass is 9.96. The van der Waals surface area contributed by atoms with E-state index in [-0.39, 0.29) is 0 Å². The third kappa shape index (κ3) is 8.20. The van der Waals surface area contributed by atoms with E-state index in [9.17, 15) is 0 Å². The molecule has 0 radical (unpaired) electrons. The molecule has 60 heavy (non-hydrogen) atoms. The molecule has 0 aliphatic heterocycles. The third-order valence-electron chi connectivity index (χ3n) is 10.9. The van der Waals surface area contributed by atoms with Gasteiger partial charge in [-0.05, 0) is 175 Å². The van der Waals surface area contributed by atoms with E-state index in [4.69, 9.17) is 0 Å². The van der Waals surface area contributed by atoms with Crippen LogP contribution in [0.15, 0.2) is 231 Å². The molecule has 3 nitrogen and oxygen atoms in total. The lowest BCUT2D eigenvalue weighted by molar-refractivity contribution is 1.26. The molecule has 9 aromatic carbocycles. The van der Waals surface area contributed by atoms with E-state index in [1.54, 1.807) is 0 Å². The summed E-state index contributed by atoms with van der Waals surface area (Å²) in [5.41, 5.74) is 18.2. The van der Waals surface area contributed by atoms with Crippen LogP contribution in [0.25, 0.3) is 22.3 Å². The van der Waals surface area contributed by atoms with E-state index in [0.29, 0.717) is 0 Å². The van der Waals surface area contributed by atoms with Gasteiger partial charge in [-0.15, -0.1) is 0 Å². The van der Waals surface area contributed by atoms with Crippen molar-refractivity contribution in [1.29, 1.82) is 0 Å². The molecule has 0 amide bonds. The average Bonchev–Trinajstić information content (AvgIpc) is 3.28. The Bertz CT molecular complexity index is 2680. The summed E-state index contributed by atoms with van der Waals surface area (Å²) in [5.74, 6) is 0. The summed E-state index contributed by atoms with van der Waals surface area (Å²) >= 11 is 0. The summed E-state index contributed by atoms with van der Waals surface area (Å²) in [6.45, 7) is 6.45. The molecule has 0 saturated carbocycles. The van der Waals surface area contributed by atoms with Crippen molar-refractivity contribution < 1.29 is 0 Å². The minimum absolute atomic E-state index is 1.09. The molecule has 0 N–H and O–H groups in total. The fourth-order valence-electron chi connectivity index (χ4n) is 8.05. The highest BCUT2D eigenvalue weighted by Crippen LogP contribution is 2.42. The van der Waals surface area contributed by atoms with Crippen LogP contribution < -0.4 is 14.7 Å². The summed E-state index contributed by atoms with van der Waals surface area (Å²) in [5, 5.41) is 0. The Kier molecular flexibility index (Phi) is 10.8. The van der Waals surface area contributed by atoms with Crippen LogP contribution >= 0.6 is 0 Å². The second-order valence-corrected chi connectivity index (χ2v) is 15.4. The molecule has 0 aliphatic carbocycles. The van der Waals surface area contributed by atoms with Crippen molar-refractivity contribution in [3.8, 4) is 22.3 Å². The van der Waals surface area contributed by atoms with Gasteiger partial charge in [-0.25, -0.2) is 0 Å². The fourth-order valence-corrected chi connectivity index (χ4v) is 8.05. The minimum atomic E-state index is 1.09. The van der Waals surface area contributed by atoms with Crippen molar-refractivity contribution >= 4 is 51.2 Å². The Labute approximate surface area is 354 Å². The van der Waals surface area contributed by atoms with Crippen LogP contribution in [0, 0.1) is 20.8 Å². The molecule has 9 aromatic rings. The summed E-state index contributed by atoms with van der Waals surface area (Å²) < 4.78 is 0. The number of nitrogens with zero attached hydrogens (tertiary/aromatic N) is 3. The first-order valence-electron chi connectivity index (χ1n) is 20.6. The zero-order valence-corrected chi connectivity index (χ0v) is 34.3. The van der Waals surface area contributed by atoms with Gasteiger partial charge in [0.1, 0.15) is 0 Å². The first-order valence-corrected chi connectivity index (χ1v) is 20.6. The molecule has 9 rings (SSSR count). The smallest absolute Gasteiger partial charge is 0.0473 e. The Hall–Kier alpha value is -7.62. The van der Waals surface area contributed by atoms with Gasteiger partial charge in [-0.2, -0.15) is 0 Å².